The highest BCUT2D eigenvalue weighted by molar-refractivity contribution is 7.19. The van der Waals surface area contributed by atoms with Gasteiger partial charge in [-0.15, -0.1) is 11.3 Å². The van der Waals surface area contributed by atoms with Crippen LogP contribution in [0, 0.1) is 0 Å². The summed E-state index contributed by atoms with van der Waals surface area (Å²) < 4.78 is 7.21. The Hall–Kier alpha value is -3.36. The molecule has 1 aliphatic heterocycles. The monoisotopic (exact) mass is 438 g/mol. The number of thiophene rings is 1. The van der Waals surface area contributed by atoms with Crippen LogP contribution in [0.25, 0.3) is 26.8 Å². The average molecular weight is 439 g/mol. The van der Waals surface area contributed by atoms with E-state index in [1.54, 1.807) is 30.3 Å². The second-order valence-electron chi connectivity index (χ2n) is 6.70. The van der Waals surface area contributed by atoms with E-state index in [1.165, 1.54) is 28.0 Å². The highest BCUT2D eigenvalue weighted by Gasteiger charge is 2.23. The maximum absolute atomic E-state index is 12.5. The fraction of sp³-hybridized carbons (Fsp3) is 0.0952. The van der Waals surface area contributed by atoms with Crippen LogP contribution in [0.15, 0.2) is 53.3 Å². The van der Waals surface area contributed by atoms with Crippen LogP contribution in [0.4, 0.5) is 0 Å². The molecule has 1 N–H and O–H groups in total. The van der Waals surface area contributed by atoms with Crippen molar-refractivity contribution in [2.45, 2.75) is 6.42 Å². The number of carboxylic acid groups (broad SMARTS) is 1. The molecule has 0 unspecified atom stereocenters. The first-order chi connectivity index (χ1) is 14.5. The molecular formula is C21H13ClN3O4S-. The average Bonchev–Trinajstić information content (AvgIpc) is 3.27. The summed E-state index contributed by atoms with van der Waals surface area (Å²) in [4.78, 5) is 25.4. The molecule has 2 aromatic heterocycles. The maximum Gasteiger partial charge on any atom is 0.348 e. The third-order valence-electron chi connectivity index (χ3n) is 4.89. The molecule has 0 radical (unpaired) electrons. The Balaban J connectivity index is 1.66. The zero-order chi connectivity index (χ0) is 20.8. The third-order valence-corrected chi connectivity index (χ3v) is 6.41. The van der Waals surface area contributed by atoms with Gasteiger partial charge in [0.2, 0.25) is 0 Å². The number of carbonyl (C=O) groups is 1. The number of nitrogens with zero attached hydrogens (tertiary/aromatic N) is 2. The van der Waals surface area contributed by atoms with Crippen LogP contribution in [-0.4, -0.2) is 27.3 Å². The predicted molar refractivity (Wildman–Crippen MR) is 111 cm³/mol. The number of aromatic carboxylic acids is 1. The molecule has 3 heterocycles. The number of nitrogens with one attached hydrogen (secondary N) is 1. The van der Waals surface area contributed by atoms with Crippen molar-refractivity contribution in [1.29, 1.82) is 0 Å². The van der Waals surface area contributed by atoms with Crippen molar-refractivity contribution >= 4 is 28.9 Å². The predicted octanol–water partition coefficient (Wildman–Crippen LogP) is 2.91. The molecule has 9 heteroatoms. The van der Waals surface area contributed by atoms with E-state index in [1.807, 2.05) is 6.07 Å². The molecule has 0 bridgehead atoms. The molecule has 7 nitrogen and oxygen atoms in total. The molecule has 0 saturated heterocycles. The number of halogens is 1. The number of para-hydroxylation sites is 1. The van der Waals surface area contributed by atoms with Crippen molar-refractivity contribution in [3.63, 3.8) is 0 Å². The van der Waals surface area contributed by atoms with E-state index in [0.29, 0.717) is 35.3 Å². The van der Waals surface area contributed by atoms with Crippen LogP contribution in [0.5, 0.6) is 5.75 Å². The van der Waals surface area contributed by atoms with E-state index in [2.05, 4.69) is 10.2 Å². The summed E-state index contributed by atoms with van der Waals surface area (Å²) in [7, 11) is 0. The van der Waals surface area contributed by atoms with Gasteiger partial charge >= 0.3 is 5.69 Å². The number of fused-ring (bicyclic) bond motifs is 3. The van der Waals surface area contributed by atoms with Crippen molar-refractivity contribution in [3.8, 4) is 32.6 Å². The van der Waals surface area contributed by atoms with E-state index in [-0.39, 0.29) is 11.3 Å². The third kappa shape index (κ3) is 3.01. The van der Waals surface area contributed by atoms with Gasteiger partial charge in [-0.05, 0) is 35.9 Å². The first-order valence-corrected chi connectivity index (χ1v) is 10.3. The van der Waals surface area contributed by atoms with Crippen molar-refractivity contribution < 1.29 is 14.6 Å². The number of benzene rings is 2. The SMILES string of the molecule is O=C([O-])c1ccc2c(c1)OCCc1cc(-c3n[nH]c(=O)n3-c3ccccc3Cl)sc1-2. The van der Waals surface area contributed by atoms with Gasteiger partial charge in [0.1, 0.15) is 5.75 Å². The van der Waals surface area contributed by atoms with Gasteiger partial charge in [0, 0.05) is 22.4 Å². The number of carbonyl (C=O) groups excluding carboxylic acids is 1. The van der Waals surface area contributed by atoms with Crippen LogP contribution < -0.4 is 15.5 Å². The lowest BCUT2D eigenvalue weighted by Crippen LogP contribution is -2.22. The Morgan fingerprint density at radius 3 is 2.87 bits per heavy atom. The maximum atomic E-state index is 12.5. The Morgan fingerprint density at radius 2 is 2.07 bits per heavy atom. The van der Waals surface area contributed by atoms with E-state index >= 15 is 0 Å². The van der Waals surface area contributed by atoms with Crippen LogP contribution in [0.2, 0.25) is 5.02 Å². The highest BCUT2D eigenvalue weighted by Crippen LogP contribution is 2.43. The van der Waals surface area contributed by atoms with Crippen LogP contribution in [0.3, 0.4) is 0 Å². The smallest absolute Gasteiger partial charge is 0.348 e. The number of ether oxygens (including phenoxy) is 1. The number of aromatic nitrogens is 3. The summed E-state index contributed by atoms with van der Waals surface area (Å²) in [6.07, 6.45) is 0.641. The lowest BCUT2D eigenvalue weighted by atomic mass is 10.1. The number of aromatic amines is 1. The molecule has 150 valence electrons. The number of hydrogen-bond acceptors (Lipinski definition) is 6. The molecule has 4 aromatic rings. The molecular weight excluding hydrogens is 426 g/mol. The van der Waals surface area contributed by atoms with Gasteiger partial charge in [0.25, 0.3) is 0 Å². The number of rotatable bonds is 3. The highest BCUT2D eigenvalue weighted by atomic mass is 35.5. The molecule has 0 amide bonds. The second kappa shape index (κ2) is 7.16. The van der Waals surface area contributed by atoms with Gasteiger partial charge in [-0.3, -0.25) is 0 Å². The topological polar surface area (TPSA) is 100 Å². The van der Waals surface area contributed by atoms with Crippen molar-refractivity contribution in [2.24, 2.45) is 0 Å². The number of hydrogen-bond donors (Lipinski definition) is 1. The van der Waals surface area contributed by atoms with Gasteiger partial charge in [-0.1, -0.05) is 29.8 Å². The number of H-pyrrole nitrogens is 1. The van der Waals surface area contributed by atoms with E-state index in [0.717, 1.165) is 20.9 Å². The quantitative estimate of drug-likeness (QED) is 0.530. The van der Waals surface area contributed by atoms with E-state index in [4.69, 9.17) is 16.3 Å². The molecule has 0 atom stereocenters. The minimum absolute atomic E-state index is 0.0637. The Labute approximate surface area is 179 Å². The largest absolute Gasteiger partial charge is 0.545 e. The van der Waals surface area contributed by atoms with Crippen molar-refractivity contribution in [3.05, 3.63) is 75.2 Å². The van der Waals surface area contributed by atoms with Gasteiger partial charge in [0.05, 0.1) is 28.2 Å². The van der Waals surface area contributed by atoms with Gasteiger partial charge < -0.3 is 14.6 Å². The van der Waals surface area contributed by atoms with E-state index in [9.17, 15) is 14.7 Å². The summed E-state index contributed by atoms with van der Waals surface area (Å²) in [6.45, 7) is 0.407. The summed E-state index contributed by atoms with van der Waals surface area (Å²) >= 11 is 7.77. The Kier molecular flexibility index (Phi) is 4.45. The minimum Gasteiger partial charge on any atom is -0.545 e. The van der Waals surface area contributed by atoms with E-state index < -0.39 is 5.97 Å². The number of carboxylic acids is 1. The van der Waals surface area contributed by atoms with Gasteiger partial charge in [-0.25, -0.2) is 14.5 Å². The fourth-order valence-corrected chi connectivity index (χ4v) is 4.94. The van der Waals surface area contributed by atoms with Crippen LogP contribution in [-0.2, 0) is 6.42 Å². The molecule has 0 spiro atoms. The fourth-order valence-electron chi connectivity index (χ4n) is 3.50. The molecule has 0 saturated carbocycles. The summed E-state index contributed by atoms with van der Waals surface area (Å²) in [6, 6.07) is 13.7. The summed E-state index contributed by atoms with van der Waals surface area (Å²) in [5.41, 5.74) is 2.05. The van der Waals surface area contributed by atoms with Gasteiger partial charge in [-0.2, -0.15) is 5.10 Å². The Morgan fingerprint density at radius 1 is 1.23 bits per heavy atom. The molecule has 0 fully saturated rings. The first kappa shape index (κ1) is 18.7. The second-order valence-corrected chi connectivity index (χ2v) is 8.16. The van der Waals surface area contributed by atoms with Crippen LogP contribution in [0.1, 0.15) is 15.9 Å². The zero-order valence-electron chi connectivity index (χ0n) is 15.3. The molecule has 0 aliphatic carbocycles. The summed E-state index contributed by atoms with van der Waals surface area (Å²) in [5.74, 6) is -0.299. The molecule has 30 heavy (non-hydrogen) atoms. The summed E-state index contributed by atoms with van der Waals surface area (Å²) in [5, 5.41) is 18.4. The standard InChI is InChI=1S/C21H14ClN3O4S/c22-14-3-1-2-4-15(14)25-19(23-24-21(25)28)17-10-11-7-8-29-16-9-12(20(26)27)5-6-13(16)18(11)30-17/h1-6,9-10H,7-8H2,(H,24,28)(H,26,27)/p-1. The normalized spacial score (nSPS) is 12.6. The minimum atomic E-state index is -1.25. The lowest BCUT2D eigenvalue weighted by Gasteiger charge is -2.10. The zero-order valence-corrected chi connectivity index (χ0v) is 16.9. The lowest BCUT2D eigenvalue weighted by molar-refractivity contribution is -0.255. The van der Waals surface area contributed by atoms with Crippen molar-refractivity contribution in [2.75, 3.05) is 6.61 Å². The molecule has 1 aliphatic rings. The first-order valence-electron chi connectivity index (χ1n) is 9.07. The van der Waals surface area contributed by atoms with Gasteiger partial charge in [0.15, 0.2) is 5.82 Å². The molecule has 5 rings (SSSR count). The Bertz CT molecular complexity index is 1350. The molecule has 2 aromatic carbocycles. The van der Waals surface area contributed by atoms with Crippen LogP contribution >= 0.6 is 22.9 Å². The van der Waals surface area contributed by atoms with Crippen molar-refractivity contribution in [1.82, 2.24) is 14.8 Å².